The first-order valence-corrected chi connectivity index (χ1v) is 10.6. The molecular weight excluding hydrogens is 372 g/mol. The lowest BCUT2D eigenvalue weighted by Gasteiger charge is -2.21. The highest BCUT2D eigenvalue weighted by atomic mass is 32.1. The van der Waals surface area contributed by atoms with Crippen LogP contribution >= 0.6 is 11.3 Å². The lowest BCUT2D eigenvalue weighted by molar-refractivity contribution is -0.151. The highest BCUT2D eigenvalue weighted by molar-refractivity contribution is 7.17. The number of aryl methyl sites for hydroxylation is 2. The van der Waals surface area contributed by atoms with Crippen LogP contribution in [0.4, 0.5) is 0 Å². The van der Waals surface area contributed by atoms with E-state index in [-0.39, 0.29) is 24.2 Å². The number of rotatable bonds is 4. The molecule has 2 heterocycles. The van der Waals surface area contributed by atoms with Gasteiger partial charge in [0.25, 0.3) is 5.56 Å². The Morgan fingerprint density at radius 2 is 2.00 bits per heavy atom. The lowest BCUT2D eigenvalue weighted by atomic mass is 9.98. The molecule has 1 aromatic carbocycles. The van der Waals surface area contributed by atoms with E-state index < -0.39 is 0 Å². The highest BCUT2D eigenvalue weighted by Crippen LogP contribution is 2.31. The molecule has 146 valence electrons. The summed E-state index contributed by atoms with van der Waals surface area (Å²) < 4.78 is 6.93. The first kappa shape index (κ1) is 18.9. The van der Waals surface area contributed by atoms with Gasteiger partial charge in [-0.2, -0.15) is 0 Å². The molecule has 6 heteroatoms. The van der Waals surface area contributed by atoms with Crippen LogP contribution in [0, 0.1) is 13.8 Å². The van der Waals surface area contributed by atoms with Crippen molar-refractivity contribution >= 4 is 27.5 Å². The van der Waals surface area contributed by atoms with Crippen molar-refractivity contribution in [3.8, 4) is 11.1 Å². The smallest absolute Gasteiger partial charge is 0.326 e. The molecule has 0 atom stereocenters. The maximum atomic E-state index is 13.1. The fourth-order valence-electron chi connectivity index (χ4n) is 3.75. The van der Waals surface area contributed by atoms with Gasteiger partial charge >= 0.3 is 5.97 Å². The molecule has 0 amide bonds. The summed E-state index contributed by atoms with van der Waals surface area (Å²) in [6, 6.07) is 6.17. The molecule has 0 N–H and O–H groups in total. The number of hydrogen-bond donors (Lipinski definition) is 0. The van der Waals surface area contributed by atoms with Gasteiger partial charge in [-0.05, 0) is 56.2 Å². The number of aromatic nitrogens is 2. The summed E-state index contributed by atoms with van der Waals surface area (Å²) in [6.45, 7) is 4.03. The number of esters is 1. The molecule has 0 radical (unpaired) electrons. The largest absolute Gasteiger partial charge is 0.461 e. The van der Waals surface area contributed by atoms with Gasteiger partial charge in [0.2, 0.25) is 0 Å². The van der Waals surface area contributed by atoms with Crippen molar-refractivity contribution in [2.45, 2.75) is 58.6 Å². The first-order valence-electron chi connectivity index (χ1n) is 9.76. The van der Waals surface area contributed by atoms with Gasteiger partial charge in [-0.15, -0.1) is 11.3 Å². The third kappa shape index (κ3) is 3.74. The number of ether oxygens (including phenoxy) is 1. The van der Waals surface area contributed by atoms with Crippen molar-refractivity contribution in [1.29, 1.82) is 0 Å². The Morgan fingerprint density at radius 1 is 1.21 bits per heavy atom. The zero-order chi connectivity index (χ0) is 19.7. The zero-order valence-corrected chi connectivity index (χ0v) is 17.1. The van der Waals surface area contributed by atoms with Crippen LogP contribution in [-0.4, -0.2) is 21.6 Å². The van der Waals surface area contributed by atoms with Gasteiger partial charge in [-0.25, -0.2) is 4.98 Å². The molecule has 4 rings (SSSR count). The molecule has 0 aliphatic heterocycles. The maximum absolute atomic E-state index is 13.1. The average Bonchev–Trinajstić information content (AvgIpc) is 3.12. The second-order valence-electron chi connectivity index (χ2n) is 7.56. The fraction of sp³-hybridized carbons (Fsp3) is 0.409. The van der Waals surface area contributed by atoms with E-state index in [2.05, 4.69) is 31.0 Å². The van der Waals surface area contributed by atoms with Crippen LogP contribution < -0.4 is 5.56 Å². The molecule has 5 nitrogen and oxygen atoms in total. The predicted molar refractivity (Wildman–Crippen MR) is 112 cm³/mol. The summed E-state index contributed by atoms with van der Waals surface area (Å²) in [7, 11) is 0. The van der Waals surface area contributed by atoms with Crippen molar-refractivity contribution < 1.29 is 9.53 Å². The number of thiophene rings is 1. The van der Waals surface area contributed by atoms with Gasteiger partial charge in [0.05, 0.1) is 11.7 Å². The summed E-state index contributed by atoms with van der Waals surface area (Å²) in [4.78, 5) is 30.5. The Kier molecular flexibility index (Phi) is 5.31. The quantitative estimate of drug-likeness (QED) is 0.604. The number of carbonyl (C=O) groups is 1. The minimum absolute atomic E-state index is 0.0131. The minimum Gasteiger partial charge on any atom is -0.461 e. The molecule has 0 saturated heterocycles. The normalized spacial score (nSPS) is 15.1. The van der Waals surface area contributed by atoms with Crippen molar-refractivity contribution in [3.63, 3.8) is 0 Å². The van der Waals surface area contributed by atoms with Crippen molar-refractivity contribution in [2.75, 3.05) is 0 Å². The topological polar surface area (TPSA) is 61.2 Å². The fourth-order valence-corrected chi connectivity index (χ4v) is 4.65. The molecular formula is C22H24N2O3S. The second-order valence-corrected chi connectivity index (χ2v) is 8.41. The van der Waals surface area contributed by atoms with Crippen molar-refractivity contribution in [3.05, 3.63) is 51.4 Å². The predicted octanol–water partition coefficient (Wildman–Crippen LogP) is 4.62. The van der Waals surface area contributed by atoms with Crippen LogP contribution in [-0.2, 0) is 16.1 Å². The molecule has 1 aliphatic rings. The molecule has 3 aromatic rings. The molecule has 28 heavy (non-hydrogen) atoms. The van der Waals surface area contributed by atoms with Crippen molar-refractivity contribution in [1.82, 2.24) is 9.55 Å². The van der Waals surface area contributed by atoms with Crippen LogP contribution in [0.15, 0.2) is 34.7 Å². The van der Waals surface area contributed by atoms with Gasteiger partial charge in [0, 0.05) is 10.9 Å². The Balaban J connectivity index is 1.63. The Bertz CT molecular complexity index is 1080. The van der Waals surface area contributed by atoms with Gasteiger partial charge in [-0.3, -0.25) is 14.2 Å². The minimum atomic E-state index is -0.363. The third-order valence-electron chi connectivity index (χ3n) is 5.53. The van der Waals surface area contributed by atoms with Gasteiger partial charge in [0.15, 0.2) is 0 Å². The van der Waals surface area contributed by atoms with Crippen LogP contribution in [0.5, 0.6) is 0 Å². The molecule has 2 aromatic heterocycles. The average molecular weight is 397 g/mol. The summed E-state index contributed by atoms with van der Waals surface area (Å²) in [5.41, 5.74) is 4.06. The molecule has 0 unspecified atom stereocenters. The third-order valence-corrected chi connectivity index (χ3v) is 6.41. The number of nitrogens with zero attached hydrogens (tertiary/aromatic N) is 2. The van der Waals surface area contributed by atoms with Crippen LogP contribution in [0.2, 0.25) is 0 Å². The molecule has 0 spiro atoms. The molecule has 1 aliphatic carbocycles. The Morgan fingerprint density at radius 3 is 2.75 bits per heavy atom. The van der Waals surface area contributed by atoms with Gasteiger partial charge < -0.3 is 4.74 Å². The Hall–Kier alpha value is -2.47. The van der Waals surface area contributed by atoms with Crippen LogP contribution in [0.3, 0.4) is 0 Å². The number of hydrogen-bond acceptors (Lipinski definition) is 5. The van der Waals surface area contributed by atoms with Gasteiger partial charge in [0.1, 0.15) is 17.5 Å². The number of carbonyl (C=O) groups excluding carboxylic acids is 1. The summed E-state index contributed by atoms with van der Waals surface area (Å²) in [6.07, 6.45) is 6.67. The molecule has 1 fully saturated rings. The summed E-state index contributed by atoms with van der Waals surface area (Å²) >= 11 is 1.45. The van der Waals surface area contributed by atoms with E-state index in [1.165, 1.54) is 39.8 Å². The van der Waals surface area contributed by atoms with Crippen molar-refractivity contribution in [2.24, 2.45) is 0 Å². The maximum Gasteiger partial charge on any atom is 0.326 e. The van der Waals surface area contributed by atoms with E-state index in [0.717, 1.165) is 36.8 Å². The second kappa shape index (κ2) is 7.87. The monoisotopic (exact) mass is 396 g/mol. The van der Waals surface area contributed by atoms with Gasteiger partial charge in [-0.1, -0.05) is 24.6 Å². The molecule has 0 bridgehead atoms. The van der Waals surface area contributed by atoms with E-state index >= 15 is 0 Å². The standard InChI is InChI=1S/C22H24N2O3S/c1-14-8-9-16(10-15(14)2)18-12-28-21-20(18)22(26)24(13-23-21)11-19(25)27-17-6-4-3-5-7-17/h8-10,12-13,17H,3-7,11H2,1-2H3. The molecule has 1 saturated carbocycles. The van der Waals surface area contributed by atoms with E-state index in [1.54, 1.807) is 0 Å². The van der Waals surface area contributed by atoms with E-state index in [1.807, 2.05) is 11.4 Å². The number of fused-ring (bicyclic) bond motifs is 1. The first-order chi connectivity index (χ1) is 13.5. The van der Waals surface area contributed by atoms with E-state index in [0.29, 0.717) is 10.2 Å². The van der Waals surface area contributed by atoms with Crippen LogP contribution in [0.1, 0.15) is 43.2 Å². The highest BCUT2D eigenvalue weighted by Gasteiger charge is 2.19. The van der Waals surface area contributed by atoms with Crippen LogP contribution in [0.25, 0.3) is 21.3 Å². The summed E-state index contributed by atoms with van der Waals surface area (Å²) in [5.74, 6) is -0.363. The lowest BCUT2D eigenvalue weighted by Crippen LogP contribution is -2.28. The number of benzene rings is 1. The summed E-state index contributed by atoms with van der Waals surface area (Å²) in [5, 5.41) is 2.54. The van der Waals surface area contributed by atoms with E-state index in [4.69, 9.17) is 4.74 Å². The zero-order valence-electron chi connectivity index (χ0n) is 16.2. The van der Waals surface area contributed by atoms with E-state index in [9.17, 15) is 9.59 Å². The Labute approximate surface area is 168 Å². The SMILES string of the molecule is Cc1ccc(-c2csc3ncn(CC(=O)OC4CCCCC4)c(=O)c23)cc1C.